The highest BCUT2D eigenvalue weighted by Gasteiger charge is 2.21. The Hall–Kier alpha value is -2.37. The van der Waals surface area contributed by atoms with E-state index in [9.17, 15) is 9.90 Å². The molecule has 0 aliphatic heterocycles. The first-order chi connectivity index (χ1) is 12.6. The molecule has 5 nitrogen and oxygen atoms in total. The molecule has 0 bridgehead atoms. The number of carbonyl (C=O) groups is 1. The lowest BCUT2D eigenvalue weighted by molar-refractivity contribution is -0.142. The van der Waals surface area contributed by atoms with E-state index in [1.807, 2.05) is 67.6 Å². The number of ether oxygens (including phenoxy) is 2. The number of benzene rings is 2. The van der Waals surface area contributed by atoms with Crippen LogP contribution in [0, 0.1) is 0 Å². The van der Waals surface area contributed by atoms with Crippen LogP contribution in [0.15, 0.2) is 60.7 Å². The molecule has 0 heterocycles. The fourth-order valence-electron chi connectivity index (χ4n) is 2.70. The lowest BCUT2D eigenvalue weighted by Crippen LogP contribution is -2.41. The number of aliphatic hydroxyl groups excluding tert-OH is 1. The van der Waals surface area contributed by atoms with Crippen molar-refractivity contribution in [2.75, 3.05) is 20.3 Å². The van der Waals surface area contributed by atoms with Gasteiger partial charge in [0, 0.05) is 19.1 Å². The molecule has 2 aromatic rings. The van der Waals surface area contributed by atoms with E-state index in [-0.39, 0.29) is 25.0 Å². The highest BCUT2D eigenvalue weighted by molar-refractivity contribution is 5.69. The van der Waals surface area contributed by atoms with Gasteiger partial charge < -0.3 is 14.6 Å². The minimum atomic E-state index is -0.668. The molecular weight excluding hydrogens is 330 g/mol. The van der Waals surface area contributed by atoms with Gasteiger partial charge in [0.25, 0.3) is 0 Å². The first-order valence-electron chi connectivity index (χ1n) is 8.79. The standard InChI is InChI=1S/C21H27NO4/c1-17(13-21(24)25-2)22(14-18-9-5-3-6-10-18)15-19(23)16-26-20-11-7-4-8-12-20/h3-12,17,19,23H,13-16H2,1-2H3/t17?,19-/m0/s1. The number of nitrogens with zero attached hydrogens (tertiary/aromatic N) is 1. The average molecular weight is 357 g/mol. The monoisotopic (exact) mass is 357 g/mol. The quantitative estimate of drug-likeness (QED) is 0.663. The number of esters is 1. The molecule has 0 aliphatic rings. The van der Waals surface area contributed by atoms with E-state index in [1.54, 1.807) is 0 Å². The van der Waals surface area contributed by atoms with Gasteiger partial charge in [0.1, 0.15) is 18.5 Å². The lowest BCUT2D eigenvalue weighted by Gasteiger charge is -2.30. The first-order valence-corrected chi connectivity index (χ1v) is 8.79. The van der Waals surface area contributed by atoms with E-state index in [1.165, 1.54) is 7.11 Å². The van der Waals surface area contributed by atoms with Gasteiger partial charge in [-0.15, -0.1) is 0 Å². The van der Waals surface area contributed by atoms with Crippen LogP contribution in [0.3, 0.4) is 0 Å². The Bertz CT molecular complexity index is 648. The van der Waals surface area contributed by atoms with Crippen molar-refractivity contribution in [3.05, 3.63) is 66.2 Å². The van der Waals surface area contributed by atoms with Crippen molar-refractivity contribution in [2.24, 2.45) is 0 Å². The second-order valence-corrected chi connectivity index (χ2v) is 6.32. The van der Waals surface area contributed by atoms with Gasteiger partial charge in [0.05, 0.1) is 13.5 Å². The van der Waals surface area contributed by atoms with Gasteiger partial charge in [-0.25, -0.2) is 0 Å². The molecular formula is C21H27NO4. The average Bonchev–Trinajstić information content (AvgIpc) is 2.67. The molecule has 0 radical (unpaired) electrons. The van der Waals surface area contributed by atoms with Crippen molar-refractivity contribution >= 4 is 5.97 Å². The van der Waals surface area contributed by atoms with Crippen LogP contribution in [0.1, 0.15) is 18.9 Å². The Morgan fingerprint density at radius 3 is 2.31 bits per heavy atom. The molecule has 0 spiro atoms. The molecule has 0 aliphatic carbocycles. The maximum atomic E-state index is 11.6. The smallest absolute Gasteiger partial charge is 0.307 e. The van der Waals surface area contributed by atoms with Crippen LogP contribution >= 0.6 is 0 Å². The summed E-state index contributed by atoms with van der Waals surface area (Å²) in [6.07, 6.45) is -0.394. The van der Waals surface area contributed by atoms with Gasteiger partial charge in [-0.05, 0) is 24.6 Å². The Morgan fingerprint density at radius 1 is 1.08 bits per heavy atom. The molecule has 0 aromatic heterocycles. The summed E-state index contributed by atoms with van der Waals surface area (Å²) >= 11 is 0. The SMILES string of the molecule is COC(=O)CC(C)N(Cc1ccccc1)C[C@H](O)COc1ccccc1. The second kappa shape index (κ2) is 10.6. The fourth-order valence-corrected chi connectivity index (χ4v) is 2.70. The van der Waals surface area contributed by atoms with Gasteiger partial charge in [-0.2, -0.15) is 0 Å². The molecule has 2 aromatic carbocycles. The number of aliphatic hydroxyl groups is 1. The van der Waals surface area contributed by atoms with Gasteiger partial charge in [0.2, 0.25) is 0 Å². The molecule has 1 N–H and O–H groups in total. The lowest BCUT2D eigenvalue weighted by atomic mass is 10.1. The number of carbonyl (C=O) groups excluding carboxylic acids is 1. The molecule has 0 fully saturated rings. The number of hydrogen-bond donors (Lipinski definition) is 1. The van der Waals surface area contributed by atoms with Crippen LogP contribution in [0.5, 0.6) is 5.75 Å². The summed E-state index contributed by atoms with van der Waals surface area (Å²) in [6.45, 7) is 3.20. The van der Waals surface area contributed by atoms with Gasteiger partial charge in [0.15, 0.2) is 0 Å². The summed E-state index contributed by atoms with van der Waals surface area (Å²) in [5.74, 6) is 0.467. The first kappa shape index (κ1) is 19.9. The molecule has 0 amide bonds. The van der Waals surface area contributed by atoms with Crippen molar-refractivity contribution in [1.82, 2.24) is 4.90 Å². The Kier molecular flexibility index (Phi) is 8.12. The van der Waals surface area contributed by atoms with Crippen LogP contribution in [-0.4, -0.2) is 48.4 Å². The van der Waals surface area contributed by atoms with E-state index in [2.05, 4.69) is 4.90 Å². The summed E-state index contributed by atoms with van der Waals surface area (Å²) in [5, 5.41) is 10.4. The molecule has 1 unspecified atom stereocenters. The van der Waals surface area contributed by atoms with E-state index in [0.717, 1.165) is 11.3 Å². The number of hydrogen-bond acceptors (Lipinski definition) is 5. The van der Waals surface area contributed by atoms with Crippen LogP contribution < -0.4 is 4.74 Å². The topological polar surface area (TPSA) is 59.0 Å². The zero-order chi connectivity index (χ0) is 18.8. The third-order valence-electron chi connectivity index (χ3n) is 4.17. The molecule has 26 heavy (non-hydrogen) atoms. The molecule has 140 valence electrons. The third-order valence-corrected chi connectivity index (χ3v) is 4.17. The van der Waals surface area contributed by atoms with Crippen molar-refractivity contribution in [1.29, 1.82) is 0 Å². The highest BCUT2D eigenvalue weighted by atomic mass is 16.5. The molecule has 0 saturated carbocycles. The van der Waals surface area contributed by atoms with Crippen molar-refractivity contribution < 1.29 is 19.4 Å². The minimum Gasteiger partial charge on any atom is -0.491 e. The fraction of sp³-hybridized carbons (Fsp3) is 0.381. The molecule has 0 saturated heterocycles. The van der Waals surface area contributed by atoms with Crippen molar-refractivity contribution in [3.63, 3.8) is 0 Å². The van der Waals surface area contributed by atoms with E-state index in [4.69, 9.17) is 9.47 Å². The molecule has 2 rings (SSSR count). The summed E-state index contributed by atoms with van der Waals surface area (Å²) in [5.41, 5.74) is 1.13. The summed E-state index contributed by atoms with van der Waals surface area (Å²) in [6, 6.07) is 19.3. The summed E-state index contributed by atoms with van der Waals surface area (Å²) in [4.78, 5) is 13.7. The normalized spacial score (nSPS) is 13.2. The predicted octanol–water partition coefficient (Wildman–Crippen LogP) is 2.88. The van der Waals surface area contributed by atoms with E-state index in [0.29, 0.717) is 13.1 Å². The molecule has 2 atom stereocenters. The highest BCUT2D eigenvalue weighted by Crippen LogP contribution is 2.14. The van der Waals surface area contributed by atoms with Crippen molar-refractivity contribution in [3.8, 4) is 5.75 Å². The number of methoxy groups -OCH3 is 1. The van der Waals surface area contributed by atoms with Gasteiger partial charge in [-0.1, -0.05) is 48.5 Å². The summed E-state index contributed by atoms with van der Waals surface area (Å²) < 4.78 is 10.4. The van der Waals surface area contributed by atoms with Crippen LogP contribution in [0.2, 0.25) is 0 Å². The number of para-hydroxylation sites is 1. The Balaban J connectivity index is 1.96. The Morgan fingerprint density at radius 2 is 1.69 bits per heavy atom. The third kappa shape index (κ3) is 6.86. The summed E-state index contributed by atoms with van der Waals surface area (Å²) in [7, 11) is 1.39. The maximum Gasteiger partial charge on any atom is 0.307 e. The zero-order valence-electron chi connectivity index (χ0n) is 15.4. The predicted molar refractivity (Wildman–Crippen MR) is 101 cm³/mol. The largest absolute Gasteiger partial charge is 0.491 e. The Labute approximate surface area is 155 Å². The van der Waals surface area contributed by atoms with Crippen LogP contribution in [-0.2, 0) is 16.1 Å². The minimum absolute atomic E-state index is 0.0611. The van der Waals surface area contributed by atoms with Crippen LogP contribution in [0.25, 0.3) is 0 Å². The second-order valence-electron chi connectivity index (χ2n) is 6.32. The van der Waals surface area contributed by atoms with Gasteiger partial charge >= 0.3 is 5.97 Å². The van der Waals surface area contributed by atoms with Crippen LogP contribution in [0.4, 0.5) is 0 Å². The van der Waals surface area contributed by atoms with Crippen molar-refractivity contribution in [2.45, 2.75) is 32.0 Å². The van der Waals surface area contributed by atoms with E-state index < -0.39 is 6.10 Å². The number of rotatable bonds is 10. The van der Waals surface area contributed by atoms with E-state index >= 15 is 0 Å². The maximum absolute atomic E-state index is 11.6. The zero-order valence-corrected chi connectivity index (χ0v) is 15.4. The van der Waals surface area contributed by atoms with Gasteiger partial charge in [-0.3, -0.25) is 9.69 Å². The molecule has 5 heteroatoms.